The van der Waals surface area contributed by atoms with Gasteiger partial charge in [-0.05, 0) is 46.7 Å². The molecule has 0 fully saturated rings. The molecule has 0 heterocycles. The zero-order valence-corrected chi connectivity index (χ0v) is 26.0. The smallest absolute Gasteiger partial charge is 0.150 e. The summed E-state index contributed by atoms with van der Waals surface area (Å²) in [5.74, 6) is 1.01. The molecule has 0 spiro atoms. The van der Waals surface area contributed by atoms with Crippen molar-refractivity contribution in [3.05, 3.63) is 94.0 Å². The van der Waals surface area contributed by atoms with Gasteiger partial charge < -0.3 is 4.74 Å². The first-order valence-electron chi connectivity index (χ1n) is 14.0. The van der Waals surface area contributed by atoms with Gasteiger partial charge in [0, 0.05) is 21.8 Å². The van der Waals surface area contributed by atoms with Gasteiger partial charge in [0.25, 0.3) is 0 Å². The molecule has 0 amide bonds. The lowest BCUT2D eigenvalue weighted by Gasteiger charge is -2.37. The average Bonchev–Trinajstić information content (AvgIpc) is 2.86. The summed E-state index contributed by atoms with van der Waals surface area (Å²) in [6, 6.07) is 21.5. The summed E-state index contributed by atoms with van der Waals surface area (Å²) in [6.45, 7) is 20.9. The van der Waals surface area contributed by atoms with E-state index in [1.165, 1.54) is 16.7 Å². The standard InChI is InChI=1S/C35H47O2P/c1-10-11-19-35(9,38-31-18-17-25(2)20-27(31)23-36)30-22-28(33(3,4)5)21-29(34(6,7)8)32(30)37-24-26-15-13-12-14-16-26/h12-18,20-23,38H,10-11,19,24H2,1-9H3. The van der Waals surface area contributed by atoms with Crippen LogP contribution in [0.1, 0.15) is 113 Å². The van der Waals surface area contributed by atoms with Gasteiger partial charge in [-0.2, -0.15) is 0 Å². The molecule has 3 heteroatoms. The first-order chi connectivity index (χ1) is 17.8. The molecule has 204 valence electrons. The van der Waals surface area contributed by atoms with Gasteiger partial charge in [0.1, 0.15) is 12.4 Å². The first kappa shape index (κ1) is 30.1. The van der Waals surface area contributed by atoms with Gasteiger partial charge >= 0.3 is 0 Å². The maximum absolute atomic E-state index is 12.1. The van der Waals surface area contributed by atoms with Crippen molar-refractivity contribution in [2.24, 2.45) is 0 Å². The zero-order chi connectivity index (χ0) is 28.1. The number of aldehydes is 1. The summed E-state index contributed by atoms with van der Waals surface area (Å²) in [5, 5.41) is 0.965. The largest absolute Gasteiger partial charge is 0.488 e. The van der Waals surface area contributed by atoms with Gasteiger partial charge in [-0.1, -0.05) is 137 Å². The van der Waals surface area contributed by atoms with E-state index >= 15 is 0 Å². The SMILES string of the molecule is CCCCC(C)(Pc1ccc(C)cc1C=O)c1cc(C(C)(C)C)cc(C(C)(C)C)c1OCc1ccccc1. The first-order valence-corrected chi connectivity index (χ1v) is 15.0. The van der Waals surface area contributed by atoms with Crippen LogP contribution in [0.5, 0.6) is 5.75 Å². The minimum atomic E-state index is -0.170. The van der Waals surface area contributed by atoms with Gasteiger partial charge in [-0.15, -0.1) is 0 Å². The third kappa shape index (κ3) is 7.35. The van der Waals surface area contributed by atoms with Gasteiger partial charge in [0.15, 0.2) is 6.29 Å². The van der Waals surface area contributed by atoms with Crippen molar-refractivity contribution in [1.82, 2.24) is 0 Å². The number of benzene rings is 3. The summed E-state index contributed by atoms with van der Waals surface area (Å²) in [6.07, 6.45) is 4.30. The lowest BCUT2D eigenvalue weighted by Crippen LogP contribution is -2.26. The van der Waals surface area contributed by atoms with E-state index in [1.807, 2.05) is 19.1 Å². The summed E-state index contributed by atoms with van der Waals surface area (Å²) < 4.78 is 6.82. The second-order valence-electron chi connectivity index (χ2n) is 12.9. The Morgan fingerprint density at radius 1 is 0.842 bits per heavy atom. The molecule has 2 atom stereocenters. The average molecular weight is 531 g/mol. The molecule has 0 saturated heterocycles. The molecule has 0 N–H and O–H groups in total. The number of carbonyl (C=O) groups is 1. The molecular weight excluding hydrogens is 483 g/mol. The molecule has 0 saturated carbocycles. The quantitative estimate of drug-likeness (QED) is 0.193. The number of ether oxygens (including phenoxy) is 1. The Morgan fingerprint density at radius 3 is 2.08 bits per heavy atom. The highest BCUT2D eigenvalue weighted by molar-refractivity contribution is 7.48. The van der Waals surface area contributed by atoms with E-state index in [9.17, 15) is 4.79 Å². The maximum atomic E-state index is 12.1. The second-order valence-corrected chi connectivity index (χ2v) is 14.8. The lowest BCUT2D eigenvalue weighted by atomic mass is 9.76. The Labute approximate surface area is 233 Å². The molecule has 0 aliphatic carbocycles. The molecule has 3 rings (SSSR count). The summed E-state index contributed by atoms with van der Waals surface area (Å²) >= 11 is 0. The molecular formula is C35H47O2P. The van der Waals surface area contributed by atoms with Gasteiger partial charge in [0.05, 0.1) is 0 Å². The molecule has 38 heavy (non-hydrogen) atoms. The van der Waals surface area contributed by atoms with Crippen LogP contribution in [-0.4, -0.2) is 6.29 Å². The van der Waals surface area contributed by atoms with Crippen LogP contribution in [-0.2, 0) is 22.6 Å². The van der Waals surface area contributed by atoms with E-state index in [1.54, 1.807) is 0 Å². The van der Waals surface area contributed by atoms with Crippen LogP contribution < -0.4 is 10.0 Å². The predicted molar refractivity (Wildman–Crippen MR) is 166 cm³/mol. The van der Waals surface area contributed by atoms with Gasteiger partial charge in [0.2, 0.25) is 0 Å². The van der Waals surface area contributed by atoms with E-state index in [-0.39, 0.29) is 16.0 Å². The van der Waals surface area contributed by atoms with Crippen molar-refractivity contribution in [2.45, 2.75) is 104 Å². The van der Waals surface area contributed by atoms with Crippen LogP contribution >= 0.6 is 8.58 Å². The highest BCUT2D eigenvalue weighted by atomic mass is 31.1. The number of carbonyl (C=O) groups excluding carboxylic acids is 1. The number of rotatable bonds is 10. The van der Waals surface area contributed by atoms with E-state index < -0.39 is 0 Å². The van der Waals surface area contributed by atoms with Crippen molar-refractivity contribution < 1.29 is 9.53 Å². The van der Waals surface area contributed by atoms with E-state index in [0.29, 0.717) is 15.2 Å². The van der Waals surface area contributed by atoms with E-state index in [0.717, 1.165) is 53.3 Å². The monoisotopic (exact) mass is 530 g/mol. The highest BCUT2D eigenvalue weighted by Gasteiger charge is 2.35. The van der Waals surface area contributed by atoms with Gasteiger partial charge in [-0.25, -0.2) is 0 Å². The third-order valence-electron chi connectivity index (χ3n) is 7.36. The molecule has 2 unspecified atom stereocenters. The summed E-state index contributed by atoms with van der Waals surface area (Å²) in [4.78, 5) is 12.1. The Hall–Kier alpha value is -2.44. The number of hydrogen-bond acceptors (Lipinski definition) is 2. The number of hydrogen-bond donors (Lipinski definition) is 0. The van der Waals surface area contributed by atoms with E-state index in [2.05, 4.69) is 104 Å². The fraction of sp³-hybridized carbons (Fsp3) is 0.457. The fourth-order valence-electron chi connectivity index (χ4n) is 4.90. The molecule has 0 aromatic heterocycles. The number of unbranched alkanes of at least 4 members (excludes halogenated alkanes) is 1. The maximum Gasteiger partial charge on any atom is 0.150 e. The van der Waals surface area contributed by atoms with Crippen LogP contribution in [0, 0.1) is 6.92 Å². The molecule has 2 nitrogen and oxygen atoms in total. The molecule has 0 aliphatic heterocycles. The molecule has 0 radical (unpaired) electrons. The second kappa shape index (κ2) is 12.2. The molecule has 3 aromatic carbocycles. The lowest BCUT2D eigenvalue weighted by molar-refractivity contribution is 0.112. The minimum Gasteiger partial charge on any atom is -0.488 e. The van der Waals surface area contributed by atoms with Crippen molar-refractivity contribution in [1.29, 1.82) is 0 Å². The number of aryl methyl sites for hydroxylation is 1. The van der Waals surface area contributed by atoms with Crippen LogP contribution in [0.25, 0.3) is 0 Å². The van der Waals surface area contributed by atoms with Crippen LogP contribution in [0.15, 0.2) is 60.7 Å². The third-order valence-corrected chi connectivity index (χ3v) is 9.15. The Kier molecular flexibility index (Phi) is 9.64. The molecule has 3 aromatic rings. The van der Waals surface area contributed by atoms with E-state index in [4.69, 9.17) is 4.74 Å². The van der Waals surface area contributed by atoms with Crippen molar-refractivity contribution in [3.63, 3.8) is 0 Å². The van der Waals surface area contributed by atoms with Crippen LogP contribution in [0.3, 0.4) is 0 Å². The topological polar surface area (TPSA) is 26.3 Å². The fourth-order valence-corrected chi connectivity index (χ4v) is 6.56. The summed E-state index contributed by atoms with van der Waals surface area (Å²) in [7, 11) is 0.453. The van der Waals surface area contributed by atoms with Crippen molar-refractivity contribution in [2.75, 3.05) is 0 Å². The van der Waals surface area contributed by atoms with Crippen molar-refractivity contribution in [3.8, 4) is 5.75 Å². The Morgan fingerprint density at radius 2 is 1.50 bits per heavy atom. The molecule has 0 aliphatic rings. The van der Waals surface area contributed by atoms with Crippen LogP contribution in [0.2, 0.25) is 0 Å². The van der Waals surface area contributed by atoms with Gasteiger partial charge in [-0.3, -0.25) is 4.79 Å². The molecule has 0 bridgehead atoms. The Bertz CT molecular complexity index is 1230. The Balaban J connectivity index is 2.28. The normalized spacial score (nSPS) is 14.0. The van der Waals surface area contributed by atoms with Crippen molar-refractivity contribution >= 4 is 20.2 Å². The minimum absolute atomic E-state index is 0.000691. The highest BCUT2D eigenvalue weighted by Crippen LogP contribution is 2.52. The summed E-state index contributed by atoms with van der Waals surface area (Å²) in [5.41, 5.74) is 6.86. The zero-order valence-electron chi connectivity index (χ0n) is 25.0. The van der Waals surface area contributed by atoms with Crippen LogP contribution in [0.4, 0.5) is 0 Å². The predicted octanol–water partition coefficient (Wildman–Crippen LogP) is 9.39.